The number of carbonyl (C=O) groups excluding carboxylic acids is 1. The first kappa shape index (κ1) is 11.7. The number of ether oxygens (including phenoxy) is 1. The number of hydrogen-bond acceptors (Lipinski definition) is 6. The molecular formula is C9H10N4O3. The van der Waals surface area contributed by atoms with Crippen molar-refractivity contribution in [2.75, 3.05) is 12.4 Å². The van der Waals surface area contributed by atoms with Crippen LogP contribution in [0.5, 0.6) is 0 Å². The van der Waals surface area contributed by atoms with Gasteiger partial charge in [0.05, 0.1) is 19.2 Å². The maximum Gasteiger partial charge on any atom is 0.310 e. The summed E-state index contributed by atoms with van der Waals surface area (Å²) in [6.07, 6.45) is 1.49. The fraction of sp³-hybridized carbons (Fsp3) is 0.333. The number of carbonyl (C=O) groups is 1. The summed E-state index contributed by atoms with van der Waals surface area (Å²) in [6.45, 7) is 1.58. The number of esters is 1. The van der Waals surface area contributed by atoms with Crippen molar-refractivity contribution in [3.8, 4) is 6.19 Å². The van der Waals surface area contributed by atoms with Gasteiger partial charge in [-0.15, -0.1) is 0 Å². The van der Waals surface area contributed by atoms with Crippen LogP contribution in [0.1, 0.15) is 11.3 Å². The molecule has 0 aromatic carbocycles. The number of nitrogens with zero attached hydrogens (tertiary/aromatic N) is 2. The third kappa shape index (κ3) is 2.57. The van der Waals surface area contributed by atoms with Crippen LogP contribution in [0, 0.1) is 18.4 Å². The molecule has 0 atom stereocenters. The number of aromatic nitrogens is 2. The lowest BCUT2D eigenvalue weighted by molar-refractivity contribution is -0.139. The van der Waals surface area contributed by atoms with Crippen LogP contribution in [0.4, 0.5) is 5.95 Å². The van der Waals surface area contributed by atoms with Crippen LogP contribution < -0.4 is 10.9 Å². The second-order valence-electron chi connectivity index (χ2n) is 2.97. The zero-order valence-electron chi connectivity index (χ0n) is 8.83. The number of aromatic amines is 1. The monoisotopic (exact) mass is 222 g/mol. The standard InChI is InChI=1S/C9H10N4O3/c1-5-6(3-7(14)16-2)8(15)13-9(12-5)11-4-10/h3H2,1-2H3,(H2,11,12,13,15). The van der Waals surface area contributed by atoms with Crippen LogP contribution >= 0.6 is 0 Å². The highest BCUT2D eigenvalue weighted by molar-refractivity contribution is 5.72. The van der Waals surface area contributed by atoms with Crippen molar-refractivity contribution < 1.29 is 9.53 Å². The minimum absolute atomic E-state index is 0.0543. The first-order valence-corrected chi connectivity index (χ1v) is 4.40. The zero-order chi connectivity index (χ0) is 12.1. The molecule has 1 aromatic rings. The average molecular weight is 222 g/mol. The van der Waals surface area contributed by atoms with Crippen molar-refractivity contribution in [2.24, 2.45) is 0 Å². The number of nitrogens with one attached hydrogen (secondary N) is 2. The van der Waals surface area contributed by atoms with Crippen LogP contribution in [0.15, 0.2) is 4.79 Å². The normalized spacial score (nSPS) is 9.31. The minimum Gasteiger partial charge on any atom is -0.469 e. The van der Waals surface area contributed by atoms with Crippen molar-refractivity contribution in [1.29, 1.82) is 5.26 Å². The molecule has 0 aliphatic heterocycles. The topological polar surface area (TPSA) is 108 Å². The predicted molar refractivity (Wildman–Crippen MR) is 54.6 cm³/mol. The summed E-state index contributed by atoms with van der Waals surface area (Å²) in [6, 6.07) is 0. The predicted octanol–water partition coefficient (Wildman–Crippen LogP) is -0.313. The van der Waals surface area contributed by atoms with Crippen LogP contribution in [0.3, 0.4) is 0 Å². The molecule has 7 nitrogen and oxygen atoms in total. The van der Waals surface area contributed by atoms with Crippen LogP contribution in [0.2, 0.25) is 0 Å². The third-order valence-electron chi connectivity index (χ3n) is 1.95. The lowest BCUT2D eigenvalue weighted by atomic mass is 10.2. The largest absolute Gasteiger partial charge is 0.469 e. The molecule has 1 rings (SSSR count). The molecule has 0 amide bonds. The van der Waals surface area contributed by atoms with E-state index in [2.05, 4.69) is 20.0 Å². The summed E-state index contributed by atoms with van der Waals surface area (Å²) < 4.78 is 4.45. The highest BCUT2D eigenvalue weighted by Crippen LogP contribution is 2.03. The summed E-state index contributed by atoms with van der Waals surface area (Å²) in [4.78, 5) is 28.8. The minimum atomic E-state index is -0.517. The number of nitriles is 1. The maximum absolute atomic E-state index is 11.5. The molecule has 0 aliphatic carbocycles. The zero-order valence-corrected chi connectivity index (χ0v) is 8.83. The molecule has 0 radical (unpaired) electrons. The van der Waals surface area contributed by atoms with Gasteiger partial charge in [-0.05, 0) is 6.92 Å². The van der Waals surface area contributed by atoms with E-state index in [1.54, 1.807) is 13.1 Å². The van der Waals surface area contributed by atoms with Gasteiger partial charge in [0.15, 0.2) is 6.19 Å². The number of aryl methyl sites for hydroxylation is 1. The van der Waals surface area contributed by atoms with Crippen LogP contribution in [-0.4, -0.2) is 23.0 Å². The molecule has 0 unspecified atom stereocenters. The van der Waals surface area contributed by atoms with Crippen molar-refractivity contribution >= 4 is 11.9 Å². The number of rotatable bonds is 3. The molecule has 7 heteroatoms. The smallest absolute Gasteiger partial charge is 0.310 e. The molecule has 2 N–H and O–H groups in total. The Morgan fingerprint density at radius 1 is 1.69 bits per heavy atom. The molecule has 0 spiro atoms. The third-order valence-corrected chi connectivity index (χ3v) is 1.95. The lowest BCUT2D eigenvalue weighted by Gasteiger charge is -2.04. The summed E-state index contributed by atoms with van der Waals surface area (Å²) in [5.74, 6) is -0.463. The van der Waals surface area contributed by atoms with E-state index < -0.39 is 11.5 Å². The van der Waals surface area contributed by atoms with Gasteiger partial charge in [-0.3, -0.25) is 19.9 Å². The Kier molecular flexibility index (Phi) is 3.61. The van der Waals surface area contributed by atoms with E-state index in [1.807, 2.05) is 0 Å². The van der Waals surface area contributed by atoms with Gasteiger partial charge in [0.2, 0.25) is 5.95 Å². The van der Waals surface area contributed by atoms with E-state index >= 15 is 0 Å². The highest BCUT2D eigenvalue weighted by atomic mass is 16.5. The quantitative estimate of drug-likeness (QED) is 0.412. The molecule has 84 valence electrons. The Hall–Kier alpha value is -2.36. The molecule has 0 saturated heterocycles. The Morgan fingerprint density at radius 2 is 2.38 bits per heavy atom. The fourth-order valence-electron chi connectivity index (χ4n) is 1.15. The van der Waals surface area contributed by atoms with E-state index in [4.69, 9.17) is 5.26 Å². The second-order valence-corrected chi connectivity index (χ2v) is 2.97. The SMILES string of the molecule is COC(=O)Cc1c(C)nc(NC#N)[nH]c1=O. The Labute approximate surface area is 91.1 Å². The fourth-order valence-corrected chi connectivity index (χ4v) is 1.15. The lowest BCUT2D eigenvalue weighted by Crippen LogP contribution is -2.21. The Morgan fingerprint density at radius 3 is 2.88 bits per heavy atom. The van der Waals surface area contributed by atoms with E-state index in [9.17, 15) is 9.59 Å². The average Bonchev–Trinajstić information content (AvgIpc) is 2.23. The van der Waals surface area contributed by atoms with Gasteiger partial charge >= 0.3 is 5.97 Å². The van der Waals surface area contributed by atoms with Gasteiger partial charge in [0.1, 0.15) is 0 Å². The molecule has 1 aromatic heterocycles. The first-order chi connectivity index (χ1) is 7.58. The summed E-state index contributed by atoms with van der Waals surface area (Å²) in [5, 5.41) is 10.6. The van der Waals surface area contributed by atoms with Crippen molar-refractivity contribution in [3.63, 3.8) is 0 Å². The van der Waals surface area contributed by atoms with Gasteiger partial charge in [-0.1, -0.05) is 0 Å². The Balaban J connectivity index is 3.09. The van der Waals surface area contributed by atoms with Crippen molar-refractivity contribution in [2.45, 2.75) is 13.3 Å². The second kappa shape index (κ2) is 4.93. The van der Waals surface area contributed by atoms with Gasteiger partial charge in [-0.2, -0.15) is 5.26 Å². The van der Waals surface area contributed by atoms with E-state index in [0.717, 1.165) is 0 Å². The highest BCUT2D eigenvalue weighted by Gasteiger charge is 2.12. The molecular weight excluding hydrogens is 212 g/mol. The summed E-state index contributed by atoms with van der Waals surface area (Å²) in [5.41, 5.74) is 0.151. The van der Waals surface area contributed by atoms with E-state index in [1.165, 1.54) is 7.11 Å². The molecule has 1 heterocycles. The number of methoxy groups -OCH3 is 1. The molecule has 0 saturated carbocycles. The van der Waals surface area contributed by atoms with Crippen molar-refractivity contribution in [1.82, 2.24) is 9.97 Å². The van der Waals surface area contributed by atoms with Gasteiger partial charge in [0, 0.05) is 5.56 Å². The van der Waals surface area contributed by atoms with Gasteiger partial charge in [0.25, 0.3) is 5.56 Å². The van der Waals surface area contributed by atoms with Crippen LogP contribution in [0.25, 0.3) is 0 Å². The van der Waals surface area contributed by atoms with E-state index in [-0.39, 0.29) is 17.9 Å². The number of anilines is 1. The number of H-pyrrole nitrogens is 1. The molecule has 0 aliphatic rings. The van der Waals surface area contributed by atoms with Gasteiger partial charge in [-0.25, -0.2) is 4.98 Å². The van der Waals surface area contributed by atoms with E-state index in [0.29, 0.717) is 5.69 Å². The summed E-state index contributed by atoms with van der Waals surface area (Å²) >= 11 is 0. The maximum atomic E-state index is 11.5. The summed E-state index contributed by atoms with van der Waals surface area (Å²) in [7, 11) is 1.24. The first-order valence-electron chi connectivity index (χ1n) is 4.40. The van der Waals surface area contributed by atoms with Crippen LogP contribution in [-0.2, 0) is 16.0 Å². The number of hydrogen-bond donors (Lipinski definition) is 2. The van der Waals surface area contributed by atoms with Crippen molar-refractivity contribution in [3.05, 3.63) is 21.6 Å². The molecule has 0 fully saturated rings. The Bertz CT molecular complexity index is 500. The molecule has 16 heavy (non-hydrogen) atoms. The molecule has 0 bridgehead atoms. The van der Waals surface area contributed by atoms with Gasteiger partial charge < -0.3 is 4.74 Å².